The van der Waals surface area contributed by atoms with Gasteiger partial charge in [-0.2, -0.15) is 13.2 Å². The third-order valence-corrected chi connectivity index (χ3v) is 2.68. The first-order valence-corrected chi connectivity index (χ1v) is 5.39. The number of hydrogen-bond acceptors (Lipinski definition) is 1. The lowest BCUT2D eigenvalue weighted by atomic mass is 9.98. The van der Waals surface area contributed by atoms with E-state index >= 15 is 0 Å². The first-order valence-electron chi connectivity index (χ1n) is 5.39. The second-order valence-electron chi connectivity index (χ2n) is 3.93. The lowest BCUT2D eigenvalue weighted by molar-refractivity contribution is -0.137. The number of carbonyl (C=O) groups is 1. The van der Waals surface area contributed by atoms with Crippen LogP contribution in [0.25, 0.3) is 11.1 Å². The fourth-order valence-electron chi connectivity index (χ4n) is 1.77. The van der Waals surface area contributed by atoms with Crippen LogP contribution in [0.5, 0.6) is 0 Å². The molecule has 0 aliphatic rings. The molecule has 2 aromatic carbocycles. The van der Waals surface area contributed by atoms with E-state index in [0.717, 1.165) is 6.07 Å². The molecule has 0 saturated heterocycles. The lowest BCUT2D eigenvalue weighted by Gasteiger charge is -2.12. The molecule has 98 valence electrons. The van der Waals surface area contributed by atoms with Gasteiger partial charge in [0.2, 0.25) is 0 Å². The molecule has 0 heterocycles. The summed E-state index contributed by atoms with van der Waals surface area (Å²) in [6, 6.07) is 10.5. The molecular weight excluding hydrogens is 257 g/mol. The Bertz CT molecular complexity index is 601. The number of aromatic carboxylic acids is 1. The average molecular weight is 266 g/mol. The van der Waals surface area contributed by atoms with Crippen molar-refractivity contribution >= 4 is 5.97 Å². The quantitative estimate of drug-likeness (QED) is 0.889. The summed E-state index contributed by atoms with van der Waals surface area (Å²) in [5, 5.41) is 8.75. The highest BCUT2D eigenvalue weighted by Crippen LogP contribution is 2.36. The molecule has 0 radical (unpaired) electrons. The monoisotopic (exact) mass is 266 g/mol. The van der Waals surface area contributed by atoms with Crippen LogP contribution in [0, 0.1) is 0 Å². The highest BCUT2D eigenvalue weighted by molar-refractivity contribution is 5.88. The van der Waals surface area contributed by atoms with Crippen molar-refractivity contribution < 1.29 is 23.1 Å². The largest absolute Gasteiger partial charge is 0.478 e. The molecule has 0 saturated carbocycles. The standard InChI is InChI=1S/C14H9F3O2/c15-14(16,17)12-4-2-1-3-11(12)9-5-7-10(8-6-9)13(18)19/h1-8H,(H,18,19). The molecule has 0 bridgehead atoms. The zero-order valence-corrected chi connectivity index (χ0v) is 9.61. The normalized spacial score (nSPS) is 11.3. The lowest BCUT2D eigenvalue weighted by Crippen LogP contribution is -2.06. The number of hydrogen-bond donors (Lipinski definition) is 1. The molecule has 0 amide bonds. The van der Waals surface area contributed by atoms with Crippen molar-refractivity contribution in [2.75, 3.05) is 0 Å². The van der Waals surface area contributed by atoms with Gasteiger partial charge >= 0.3 is 12.1 Å². The molecule has 2 nitrogen and oxygen atoms in total. The van der Waals surface area contributed by atoms with Crippen LogP contribution in [-0.4, -0.2) is 11.1 Å². The van der Waals surface area contributed by atoms with Crippen LogP contribution < -0.4 is 0 Å². The van der Waals surface area contributed by atoms with Crippen LogP contribution in [-0.2, 0) is 6.18 Å². The average Bonchev–Trinajstić information content (AvgIpc) is 2.38. The maximum atomic E-state index is 12.8. The number of benzene rings is 2. The second-order valence-corrected chi connectivity index (χ2v) is 3.93. The van der Waals surface area contributed by atoms with Crippen LogP contribution in [0.1, 0.15) is 15.9 Å². The summed E-state index contributed by atoms with van der Waals surface area (Å²) >= 11 is 0. The molecule has 0 unspecified atom stereocenters. The minimum Gasteiger partial charge on any atom is -0.478 e. The van der Waals surface area contributed by atoms with Gasteiger partial charge in [-0.15, -0.1) is 0 Å². The highest BCUT2D eigenvalue weighted by Gasteiger charge is 2.33. The number of halogens is 3. The number of carboxylic acids is 1. The predicted octanol–water partition coefficient (Wildman–Crippen LogP) is 4.07. The summed E-state index contributed by atoms with van der Waals surface area (Å²) in [7, 11) is 0. The summed E-state index contributed by atoms with van der Waals surface area (Å²) in [5.74, 6) is -1.12. The molecule has 0 aromatic heterocycles. The molecule has 1 N–H and O–H groups in total. The van der Waals surface area contributed by atoms with Crippen LogP contribution in [0.2, 0.25) is 0 Å². The first kappa shape index (κ1) is 13.1. The predicted molar refractivity (Wildman–Crippen MR) is 63.8 cm³/mol. The van der Waals surface area contributed by atoms with E-state index in [2.05, 4.69) is 0 Å². The third-order valence-electron chi connectivity index (χ3n) is 2.68. The summed E-state index contributed by atoms with van der Waals surface area (Å²) in [5.41, 5.74) is -0.337. The zero-order valence-electron chi connectivity index (χ0n) is 9.61. The maximum Gasteiger partial charge on any atom is 0.417 e. The SMILES string of the molecule is O=C(O)c1ccc(-c2ccccc2C(F)(F)F)cc1. The Hall–Kier alpha value is -2.30. The van der Waals surface area contributed by atoms with Gasteiger partial charge in [0.05, 0.1) is 11.1 Å². The summed E-state index contributed by atoms with van der Waals surface area (Å²) in [6.07, 6.45) is -4.44. The van der Waals surface area contributed by atoms with E-state index in [1.165, 1.54) is 42.5 Å². The molecule has 0 atom stereocenters. The minimum absolute atomic E-state index is 0.0342. The molecule has 19 heavy (non-hydrogen) atoms. The fraction of sp³-hybridized carbons (Fsp3) is 0.0714. The Morgan fingerprint density at radius 1 is 0.947 bits per heavy atom. The smallest absolute Gasteiger partial charge is 0.417 e. The molecule has 0 spiro atoms. The van der Waals surface area contributed by atoms with Gasteiger partial charge in [0.25, 0.3) is 0 Å². The van der Waals surface area contributed by atoms with Crippen LogP contribution in [0.4, 0.5) is 13.2 Å². The number of carboxylic acid groups (broad SMARTS) is 1. The van der Waals surface area contributed by atoms with Gasteiger partial charge in [-0.1, -0.05) is 30.3 Å². The van der Waals surface area contributed by atoms with Gasteiger partial charge in [0.1, 0.15) is 0 Å². The Kier molecular flexibility index (Phi) is 3.29. The van der Waals surface area contributed by atoms with E-state index < -0.39 is 17.7 Å². The summed E-state index contributed by atoms with van der Waals surface area (Å²) in [4.78, 5) is 10.7. The van der Waals surface area contributed by atoms with Gasteiger partial charge in [0, 0.05) is 0 Å². The Morgan fingerprint density at radius 2 is 1.53 bits per heavy atom. The molecular formula is C14H9F3O2. The van der Waals surface area contributed by atoms with E-state index in [9.17, 15) is 18.0 Å². The van der Waals surface area contributed by atoms with Gasteiger partial charge < -0.3 is 5.11 Å². The molecule has 0 aliphatic carbocycles. The molecule has 0 fully saturated rings. The zero-order chi connectivity index (χ0) is 14.0. The highest BCUT2D eigenvalue weighted by atomic mass is 19.4. The molecule has 2 rings (SSSR count). The third kappa shape index (κ3) is 2.76. The fourth-order valence-corrected chi connectivity index (χ4v) is 1.77. The van der Waals surface area contributed by atoms with E-state index in [0.29, 0.717) is 5.56 Å². The first-order chi connectivity index (χ1) is 8.89. The molecule has 2 aromatic rings. The van der Waals surface area contributed by atoms with Crippen molar-refractivity contribution in [3.63, 3.8) is 0 Å². The van der Waals surface area contributed by atoms with Gasteiger partial charge in [-0.25, -0.2) is 4.79 Å². The summed E-state index contributed by atoms with van der Waals surface area (Å²) in [6.45, 7) is 0. The van der Waals surface area contributed by atoms with Crippen molar-refractivity contribution in [1.82, 2.24) is 0 Å². The molecule has 5 heteroatoms. The van der Waals surface area contributed by atoms with E-state index in [-0.39, 0.29) is 11.1 Å². The van der Waals surface area contributed by atoms with E-state index in [1.807, 2.05) is 0 Å². The van der Waals surface area contributed by atoms with Gasteiger partial charge in [-0.05, 0) is 29.3 Å². The van der Waals surface area contributed by atoms with Crippen molar-refractivity contribution in [2.45, 2.75) is 6.18 Å². The summed E-state index contributed by atoms with van der Waals surface area (Å²) < 4.78 is 38.5. The van der Waals surface area contributed by atoms with Crippen molar-refractivity contribution in [1.29, 1.82) is 0 Å². The van der Waals surface area contributed by atoms with Crippen molar-refractivity contribution in [3.05, 3.63) is 59.7 Å². The maximum absolute atomic E-state index is 12.8. The van der Waals surface area contributed by atoms with Crippen molar-refractivity contribution in [2.24, 2.45) is 0 Å². The molecule has 0 aliphatic heterocycles. The van der Waals surface area contributed by atoms with Crippen LogP contribution in [0.15, 0.2) is 48.5 Å². The van der Waals surface area contributed by atoms with Gasteiger partial charge in [-0.3, -0.25) is 0 Å². The minimum atomic E-state index is -4.44. The Labute approximate surface area is 107 Å². The van der Waals surface area contributed by atoms with Gasteiger partial charge in [0.15, 0.2) is 0 Å². The van der Waals surface area contributed by atoms with Crippen molar-refractivity contribution in [3.8, 4) is 11.1 Å². The second kappa shape index (κ2) is 4.76. The van der Waals surface area contributed by atoms with Crippen LogP contribution in [0.3, 0.4) is 0 Å². The van der Waals surface area contributed by atoms with Crippen LogP contribution >= 0.6 is 0 Å². The topological polar surface area (TPSA) is 37.3 Å². The van der Waals surface area contributed by atoms with E-state index in [4.69, 9.17) is 5.11 Å². The van der Waals surface area contributed by atoms with E-state index in [1.54, 1.807) is 0 Å². The Morgan fingerprint density at radius 3 is 2.05 bits per heavy atom. The number of rotatable bonds is 2. The Balaban J connectivity index is 2.50. The number of alkyl halides is 3.